The first-order chi connectivity index (χ1) is 9.77. The van der Waals surface area contributed by atoms with Crippen LogP contribution in [0, 0.1) is 0 Å². The number of amides is 1. The van der Waals surface area contributed by atoms with E-state index in [0.29, 0.717) is 24.4 Å². The zero-order valence-electron chi connectivity index (χ0n) is 13.6. The molecule has 0 spiro atoms. The number of amidine groups is 1. The third-order valence-electron chi connectivity index (χ3n) is 3.63. The lowest BCUT2D eigenvalue weighted by Crippen LogP contribution is -2.49. The zero-order valence-corrected chi connectivity index (χ0v) is 14.4. The molecule has 1 amide bonds. The summed E-state index contributed by atoms with van der Waals surface area (Å²) in [7, 11) is 0. The molecule has 0 aromatic carbocycles. The van der Waals surface area contributed by atoms with Crippen molar-refractivity contribution < 1.29 is 9.53 Å². The molecule has 1 saturated heterocycles. The van der Waals surface area contributed by atoms with Gasteiger partial charge in [0.25, 0.3) is 0 Å². The van der Waals surface area contributed by atoms with E-state index in [9.17, 15) is 4.79 Å². The summed E-state index contributed by atoms with van der Waals surface area (Å²) in [6.07, 6.45) is 2.28. The molecule has 0 aromatic rings. The minimum Gasteiger partial charge on any atom is -0.444 e. The Morgan fingerprint density at radius 1 is 1.52 bits per heavy atom. The van der Waals surface area contributed by atoms with E-state index < -0.39 is 5.60 Å². The number of carbonyl (C=O) groups is 1. The maximum atomic E-state index is 12.1. The topological polar surface area (TPSA) is 53.9 Å². The van der Waals surface area contributed by atoms with Gasteiger partial charge in [-0.3, -0.25) is 9.89 Å². The second-order valence-corrected chi connectivity index (χ2v) is 8.67. The molecule has 2 rings (SSSR count). The predicted molar refractivity (Wildman–Crippen MR) is 88.2 cm³/mol. The van der Waals surface area contributed by atoms with Gasteiger partial charge in [-0.1, -0.05) is 0 Å². The second-order valence-electron chi connectivity index (χ2n) is 6.99. The third kappa shape index (κ3) is 5.09. The molecule has 2 heterocycles. The standard InChI is InChI=1S/C15H27N3O2S/c1-14(2,3)20-13(19)18-8-7-16-12(10-18)17-11-15(4)6-5-9-21-15/h5-11H2,1-4H3,(H,16,17). The van der Waals surface area contributed by atoms with E-state index in [1.165, 1.54) is 18.6 Å². The number of aliphatic imine (C=N–C) groups is 1. The molecule has 0 bridgehead atoms. The molecule has 2 aliphatic rings. The van der Waals surface area contributed by atoms with Gasteiger partial charge in [0.1, 0.15) is 11.4 Å². The van der Waals surface area contributed by atoms with Crippen LogP contribution in [0.2, 0.25) is 0 Å². The molecule has 5 nitrogen and oxygen atoms in total. The number of ether oxygens (including phenoxy) is 1. The lowest BCUT2D eigenvalue weighted by molar-refractivity contribution is 0.0276. The normalized spacial score (nSPS) is 26.5. The molecule has 6 heteroatoms. The first kappa shape index (κ1) is 16.5. The number of rotatable bonds is 2. The summed E-state index contributed by atoms with van der Waals surface area (Å²) in [6.45, 7) is 10.7. The number of carbonyl (C=O) groups excluding carboxylic acids is 1. The molecule has 2 aliphatic heterocycles. The van der Waals surface area contributed by atoms with Crippen LogP contribution in [0.25, 0.3) is 0 Å². The van der Waals surface area contributed by atoms with Gasteiger partial charge in [-0.25, -0.2) is 4.79 Å². The van der Waals surface area contributed by atoms with Crippen molar-refractivity contribution in [3.8, 4) is 0 Å². The third-order valence-corrected chi connectivity index (χ3v) is 5.17. The summed E-state index contributed by atoms with van der Waals surface area (Å²) >= 11 is 2.03. The maximum Gasteiger partial charge on any atom is 0.410 e. The Hall–Kier alpha value is -0.910. The lowest BCUT2D eigenvalue weighted by Gasteiger charge is -2.31. The van der Waals surface area contributed by atoms with Crippen molar-refractivity contribution in [1.29, 1.82) is 0 Å². The van der Waals surface area contributed by atoms with Crippen molar-refractivity contribution in [2.75, 3.05) is 31.9 Å². The van der Waals surface area contributed by atoms with E-state index in [1.807, 2.05) is 32.5 Å². The SMILES string of the molecule is CC(C)(C)OC(=O)N1CCN=C(NCC2(C)CCCS2)C1. The molecule has 0 aliphatic carbocycles. The molecule has 0 saturated carbocycles. The predicted octanol–water partition coefficient (Wildman–Crippen LogP) is 2.51. The fraction of sp³-hybridized carbons (Fsp3) is 0.867. The van der Waals surface area contributed by atoms with Crippen LogP contribution in [0.4, 0.5) is 4.79 Å². The van der Waals surface area contributed by atoms with Gasteiger partial charge in [-0.15, -0.1) is 0 Å². The summed E-state index contributed by atoms with van der Waals surface area (Å²) < 4.78 is 5.73. The summed E-state index contributed by atoms with van der Waals surface area (Å²) in [5.74, 6) is 2.15. The van der Waals surface area contributed by atoms with Gasteiger partial charge in [-0.05, 0) is 46.3 Å². The molecule has 0 aromatic heterocycles. The van der Waals surface area contributed by atoms with E-state index in [2.05, 4.69) is 17.2 Å². The van der Waals surface area contributed by atoms with E-state index in [-0.39, 0.29) is 6.09 Å². The van der Waals surface area contributed by atoms with Gasteiger partial charge < -0.3 is 10.1 Å². The second kappa shape index (κ2) is 6.46. The number of thioether (sulfide) groups is 1. The smallest absolute Gasteiger partial charge is 0.410 e. The quantitative estimate of drug-likeness (QED) is 0.851. The highest BCUT2D eigenvalue weighted by molar-refractivity contribution is 8.00. The van der Waals surface area contributed by atoms with E-state index in [1.54, 1.807) is 4.90 Å². The van der Waals surface area contributed by atoms with Crippen molar-refractivity contribution in [2.24, 2.45) is 4.99 Å². The van der Waals surface area contributed by atoms with Gasteiger partial charge >= 0.3 is 6.09 Å². The van der Waals surface area contributed by atoms with Crippen molar-refractivity contribution >= 4 is 23.7 Å². The minimum atomic E-state index is -0.451. The summed E-state index contributed by atoms with van der Waals surface area (Å²) in [5.41, 5.74) is -0.451. The van der Waals surface area contributed by atoms with Gasteiger partial charge in [0, 0.05) is 17.8 Å². The summed E-state index contributed by atoms with van der Waals surface area (Å²) in [4.78, 5) is 18.3. The summed E-state index contributed by atoms with van der Waals surface area (Å²) in [5, 5.41) is 3.43. The molecule has 21 heavy (non-hydrogen) atoms. The lowest BCUT2D eigenvalue weighted by atomic mass is 10.1. The van der Waals surface area contributed by atoms with Crippen LogP contribution in [0.15, 0.2) is 4.99 Å². The Morgan fingerprint density at radius 3 is 2.90 bits per heavy atom. The van der Waals surface area contributed by atoms with Crippen LogP contribution in [0.1, 0.15) is 40.5 Å². The van der Waals surface area contributed by atoms with Gasteiger partial charge in [0.2, 0.25) is 0 Å². The highest BCUT2D eigenvalue weighted by Gasteiger charge is 2.30. The number of nitrogens with one attached hydrogen (secondary N) is 1. The largest absolute Gasteiger partial charge is 0.444 e. The first-order valence-electron chi connectivity index (χ1n) is 7.67. The monoisotopic (exact) mass is 313 g/mol. The van der Waals surface area contributed by atoms with Crippen molar-refractivity contribution in [1.82, 2.24) is 10.2 Å². The van der Waals surface area contributed by atoms with Crippen LogP contribution in [-0.4, -0.2) is 59.1 Å². The minimum absolute atomic E-state index is 0.252. The molecule has 1 unspecified atom stereocenters. The molecule has 0 radical (unpaired) electrons. The average molecular weight is 313 g/mol. The molecular weight excluding hydrogens is 286 g/mol. The number of hydrogen-bond donors (Lipinski definition) is 1. The zero-order chi connectivity index (χ0) is 15.5. The van der Waals surface area contributed by atoms with Gasteiger partial charge in [0.05, 0.1) is 13.1 Å². The van der Waals surface area contributed by atoms with Crippen molar-refractivity contribution in [3.05, 3.63) is 0 Å². The number of nitrogens with zero attached hydrogens (tertiary/aromatic N) is 2. The van der Waals surface area contributed by atoms with E-state index >= 15 is 0 Å². The Bertz CT molecular complexity index is 412. The molecule has 1 atom stereocenters. The highest BCUT2D eigenvalue weighted by Crippen LogP contribution is 2.36. The molecule has 120 valence electrons. The Kier molecular flexibility index (Phi) is 5.07. The van der Waals surface area contributed by atoms with Gasteiger partial charge in [0.15, 0.2) is 0 Å². The maximum absolute atomic E-state index is 12.1. The summed E-state index contributed by atoms with van der Waals surface area (Å²) in [6, 6.07) is 0. The Balaban J connectivity index is 1.83. The van der Waals surface area contributed by atoms with E-state index in [4.69, 9.17) is 4.74 Å². The van der Waals surface area contributed by atoms with Crippen LogP contribution in [0.3, 0.4) is 0 Å². The van der Waals surface area contributed by atoms with Crippen molar-refractivity contribution in [2.45, 2.75) is 50.9 Å². The number of hydrogen-bond acceptors (Lipinski definition) is 5. The molecule has 1 N–H and O–H groups in total. The highest BCUT2D eigenvalue weighted by atomic mass is 32.2. The Labute approximate surface area is 131 Å². The average Bonchev–Trinajstić information content (AvgIpc) is 2.82. The molecule has 1 fully saturated rings. The van der Waals surface area contributed by atoms with Crippen LogP contribution in [-0.2, 0) is 4.74 Å². The molecular formula is C15H27N3O2S. The first-order valence-corrected chi connectivity index (χ1v) is 8.65. The van der Waals surface area contributed by atoms with Crippen LogP contribution >= 0.6 is 11.8 Å². The fourth-order valence-corrected chi connectivity index (χ4v) is 3.72. The van der Waals surface area contributed by atoms with Crippen LogP contribution < -0.4 is 5.32 Å². The van der Waals surface area contributed by atoms with E-state index in [0.717, 1.165) is 12.4 Å². The van der Waals surface area contributed by atoms with Crippen molar-refractivity contribution in [3.63, 3.8) is 0 Å². The van der Waals surface area contributed by atoms with Crippen LogP contribution in [0.5, 0.6) is 0 Å². The fourth-order valence-electron chi connectivity index (χ4n) is 2.47. The van der Waals surface area contributed by atoms with Gasteiger partial charge in [-0.2, -0.15) is 11.8 Å². The Morgan fingerprint density at radius 2 is 2.29 bits per heavy atom.